The van der Waals surface area contributed by atoms with E-state index in [0.29, 0.717) is 18.4 Å². The molecule has 5 heteroatoms. The average Bonchev–Trinajstić information content (AvgIpc) is 2.24. The molecule has 0 saturated heterocycles. The fourth-order valence-electron chi connectivity index (χ4n) is 2.45. The lowest BCUT2D eigenvalue weighted by Gasteiger charge is -2.35. The van der Waals surface area contributed by atoms with Gasteiger partial charge in [0, 0.05) is 24.3 Å². The molecule has 1 atom stereocenters. The zero-order valence-corrected chi connectivity index (χ0v) is 11.5. The topological polar surface area (TPSA) is 3.24 Å². The minimum Gasteiger partial charge on any atom is -0.294 e. The molecule has 0 aromatic heterocycles. The average molecular weight is 322 g/mol. The number of fused-ring (bicyclic) bond motifs is 1. The molecule has 0 aliphatic heterocycles. The third-order valence-electron chi connectivity index (χ3n) is 3.24. The molecule has 0 N–H and O–H groups in total. The number of alkyl halides is 4. The molecule has 18 heavy (non-hydrogen) atoms. The van der Waals surface area contributed by atoms with Gasteiger partial charge >= 0.3 is 6.18 Å². The minimum atomic E-state index is -4.12. The maximum absolute atomic E-state index is 12.4. The second-order valence-electron chi connectivity index (χ2n) is 4.64. The van der Waals surface area contributed by atoms with Gasteiger partial charge < -0.3 is 0 Å². The SMILES string of the molecule is FC(F)(F)CN(CCBr)CC1Cc2ccccc21. The number of nitrogens with zero attached hydrogens (tertiary/aromatic N) is 1. The summed E-state index contributed by atoms with van der Waals surface area (Å²) in [5.74, 6) is 0.252. The van der Waals surface area contributed by atoms with Crippen molar-refractivity contribution in [2.45, 2.75) is 18.5 Å². The maximum Gasteiger partial charge on any atom is 0.401 e. The van der Waals surface area contributed by atoms with Gasteiger partial charge in [0.1, 0.15) is 0 Å². The number of benzene rings is 1. The largest absolute Gasteiger partial charge is 0.401 e. The Morgan fingerprint density at radius 1 is 1.28 bits per heavy atom. The fourth-order valence-corrected chi connectivity index (χ4v) is 2.95. The Morgan fingerprint density at radius 3 is 2.61 bits per heavy atom. The summed E-state index contributed by atoms with van der Waals surface area (Å²) in [6.45, 7) is 0.0948. The van der Waals surface area contributed by atoms with E-state index in [1.165, 1.54) is 16.0 Å². The van der Waals surface area contributed by atoms with Gasteiger partial charge in [-0.2, -0.15) is 13.2 Å². The van der Waals surface area contributed by atoms with Crippen molar-refractivity contribution in [2.75, 3.05) is 25.0 Å². The fraction of sp³-hybridized carbons (Fsp3) is 0.538. The summed E-state index contributed by atoms with van der Waals surface area (Å²) < 4.78 is 37.3. The molecule has 1 nitrogen and oxygen atoms in total. The van der Waals surface area contributed by atoms with Crippen LogP contribution in [0.5, 0.6) is 0 Å². The van der Waals surface area contributed by atoms with E-state index in [4.69, 9.17) is 0 Å². The Hall–Kier alpha value is -0.550. The van der Waals surface area contributed by atoms with Crippen LogP contribution < -0.4 is 0 Å². The molecule has 0 radical (unpaired) electrons. The lowest BCUT2D eigenvalue weighted by molar-refractivity contribution is -0.145. The number of halogens is 4. The van der Waals surface area contributed by atoms with Crippen molar-refractivity contribution in [3.05, 3.63) is 35.4 Å². The van der Waals surface area contributed by atoms with E-state index in [9.17, 15) is 13.2 Å². The molecule has 0 saturated carbocycles. The molecule has 0 fully saturated rings. The zero-order chi connectivity index (χ0) is 13.2. The molecule has 1 aromatic rings. The molecule has 100 valence electrons. The molecule has 2 rings (SSSR count). The van der Waals surface area contributed by atoms with E-state index in [0.717, 1.165) is 6.42 Å². The van der Waals surface area contributed by atoms with Crippen molar-refractivity contribution in [2.24, 2.45) is 0 Å². The van der Waals surface area contributed by atoms with Crippen molar-refractivity contribution < 1.29 is 13.2 Å². The lowest BCUT2D eigenvalue weighted by Crippen LogP contribution is -2.40. The molecular weight excluding hydrogens is 307 g/mol. The Morgan fingerprint density at radius 2 is 2.00 bits per heavy atom. The third-order valence-corrected chi connectivity index (χ3v) is 3.60. The van der Waals surface area contributed by atoms with Gasteiger partial charge in [0.05, 0.1) is 6.54 Å². The first-order valence-electron chi connectivity index (χ1n) is 5.92. The quantitative estimate of drug-likeness (QED) is 0.749. The van der Waals surface area contributed by atoms with Crippen LogP contribution in [0.25, 0.3) is 0 Å². The molecule has 1 aliphatic carbocycles. The van der Waals surface area contributed by atoms with Gasteiger partial charge in [0.2, 0.25) is 0 Å². The molecular formula is C13H15BrF3N. The second kappa shape index (κ2) is 5.61. The molecule has 1 unspecified atom stereocenters. The molecule has 0 bridgehead atoms. The Bertz CT molecular complexity index is 405. The van der Waals surface area contributed by atoms with Crippen LogP contribution in [0.2, 0.25) is 0 Å². The normalized spacial score (nSPS) is 18.6. The molecule has 0 amide bonds. The Balaban J connectivity index is 1.95. The molecule has 0 heterocycles. The summed E-state index contributed by atoms with van der Waals surface area (Å²) >= 11 is 3.21. The zero-order valence-electron chi connectivity index (χ0n) is 9.88. The predicted molar refractivity (Wildman–Crippen MR) is 69.2 cm³/mol. The van der Waals surface area contributed by atoms with Crippen LogP contribution in [0.3, 0.4) is 0 Å². The van der Waals surface area contributed by atoms with Crippen LogP contribution in [-0.2, 0) is 6.42 Å². The molecule has 0 spiro atoms. The van der Waals surface area contributed by atoms with Gasteiger partial charge in [-0.25, -0.2) is 0 Å². The van der Waals surface area contributed by atoms with Crippen molar-refractivity contribution in [1.29, 1.82) is 0 Å². The first-order valence-corrected chi connectivity index (χ1v) is 7.04. The Kier molecular flexibility index (Phi) is 4.33. The summed E-state index contributed by atoms with van der Waals surface area (Å²) in [5, 5.41) is 0.567. The van der Waals surface area contributed by atoms with Crippen molar-refractivity contribution >= 4 is 15.9 Å². The highest BCUT2D eigenvalue weighted by Crippen LogP contribution is 2.35. The summed E-state index contributed by atoms with van der Waals surface area (Å²) in [6, 6.07) is 7.98. The highest BCUT2D eigenvalue weighted by atomic mass is 79.9. The van der Waals surface area contributed by atoms with Crippen LogP contribution in [0.1, 0.15) is 17.0 Å². The van der Waals surface area contributed by atoms with Crippen LogP contribution in [-0.4, -0.2) is 36.0 Å². The number of hydrogen-bond donors (Lipinski definition) is 0. The Labute approximate surface area is 113 Å². The minimum absolute atomic E-state index is 0.252. The highest BCUT2D eigenvalue weighted by Gasteiger charge is 2.33. The summed E-state index contributed by atoms with van der Waals surface area (Å²) in [4.78, 5) is 1.48. The predicted octanol–water partition coefficient (Wildman–Crippen LogP) is 3.59. The second-order valence-corrected chi connectivity index (χ2v) is 5.43. The van der Waals surface area contributed by atoms with Gasteiger partial charge in [-0.05, 0) is 17.5 Å². The van der Waals surface area contributed by atoms with E-state index in [-0.39, 0.29) is 5.92 Å². The first kappa shape index (κ1) is 13.9. The van der Waals surface area contributed by atoms with Gasteiger partial charge in [0.15, 0.2) is 0 Å². The molecule has 1 aliphatic rings. The van der Waals surface area contributed by atoms with Gasteiger partial charge in [-0.1, -0.05) is 40.2 Å². The van der Waals surface area contributed by atoms with Gasteiger partial charge in [-0.3, -0.25) is 4.90 Å². The van der Waals surface area contributed by atoms with Crippen LogP contribution >= 0.6 is 15.9 Å². The first-order chi connectivity index (χ1) is 8.49. The van der Waals surface area contributed by atoms with Crippen molar-refractivity contribution in [1.82, 2.24) is 4.90 Å². The van der Waals surface area contributed by atoms with Crippen LogP contribution in [0, 0.1) is 0 Å². The monoisotopic (exact) mass is 321 g/mol. The van der Waals surface area contributed by atoms with E-state index in [1.807, 2.05) is 24.3 Å². The van der Waals surface area contributed by atoms with E-state index in [2.05, 4.69) is 15.9 Å². The summed E-state index contributed by atoms with van der Waals surface area (Å²) in [5.41, 5.74) is 2.48. The lowest BCUT2D eigenvalue weighted by atomic mass is 9.77. The number of rotatable bonds is 5. The van der Waals surface area contributed by atoms with E-state index in [1.54, 1.807) is 0 Å². The van der Waals surface area contributed by atoms with Crippen molar-refractivity contribution in [3.63, 3.8) is 0 Å². The van der Waals surface area contributed by atoms with E-state index >= 15 is 0 Å². The standard InChI is InChI=1S/C13H15BrF3N/c14-5-6-18(9-13(15,16)17)8-11-7-10-3-1-2-4-12(10)11/h1-4,11H,5-9H2. The smallest absolute Gasteiger partial charge is 0.294 e. The van der Waals surface area contributed by atoms with Crippen molar-refractivity contribution in [3.8, 4) is 0 Å². The number of hydrogen-bond acceptors (Lipinski definition) is 1. The molecule has 1 aromatic carbocycles. The van der Waals surface area contributed by atoms with Gasteiger partial charge in [0.25, 0.3) is 0 Å². The maximum atomic E-state index is 12.4. The summed E-state index contributed by atoms with van der Waals surface area (Å²) in [7, 11) is 0. The van der Waals surface area contributed by atoms with Crippen LogP contribution in [0.15, 0.2) is 24.3 Å². The highest BCUT2D eigenvalue weighted by molar-refractivity contribution is 9.09. The van der Waals surface area contributed by atoms with Gasteiger partial charge in [-0.15, -0.1) is 0 Å². The third kappa shape index (κ3) is 3.48. The van der Waals surface area contributed by atoms with E-state index < -0.39 is 12.7 Å². The summed E-state index contributed by atoms with van der Waals surface area (Å²) in [6.07, 6.45) is -3.22. The van der Waals surface area contributed by atoms with Crippen LogP contribution in [0.4, 0.5) is 13.2 Å².